The van der Waals surface area contributed by atoms with E-state index in [0.717, 1.165) is 48.4 Å². The highest BCUT2D eigenvalue weighted by Crippen LogP contribution is 2.36. The summed E-state index contributed by atoms with van der Waals surface area (Å²) in [6.07, 6.45) is 5.72. The molecule has 24 heavy (non-hydrogen) atoms. The van der Waals surface area contributed by atoms with Gasteiger partial charge in [-0.25, -0.2) is 0 Å². The molecule has 0 spiro atoms. The van der Waals surface area contributed by atoms with Gasteiger partial charge in [0.25, 0.3) is 0 Å². The molecule has 6 heteroatoms. The van der Waals surface area contributed by atoms with E-state index in [9.17, 15) is 4.79 Å². The second kappa shape index (κ2) is 8.08. The number of anilines is 1. The zero-order chi connectivity index (χ0) is 16.8. The van der Waals surface area contributed by atoms with Crippen molar-refractivity contribution in [2.45, 2.75) is 38.2 Å². The Bertz CT molecular complexity index is 678. The number of aliphatic hydroxyl groups excluding tert-OH is 1. The molecule has 1 aromatic heterocycles. The number of aromatic nitrogens is 2. The molecule has 127 valence electrons. The van der Waals surface area contributed by atoms with Crippen LogP contribution in [0.4, 0.5) is 5.69 Å². The van der Waals surface area contributed by atoms with Crippen molar-refractivity contribution in [2.75, 3.05) is 18.5 Å². The van der Waals surface area contributed by atoms with Crippen molar-refractivity contribution >= 4 is 11.6 Å². The third-order valence-corrected chi connectivity index (χ3v) is 4.14. The van der Waals surface area contributed by atoms with Gasteiger partial charge in [-0.3, -0.25) is 9.89 Å². The van der Waals surface area contributed by atoms with Crippen LogP contribution in [0.5, 0.6) is 0 Å². The van der Waals surface area contributed by atoms with Crippen LogP contribution in [0.15, 0.2) is 24.4 Å². The van der Waals surface area contributed by atoms with Crippen molar-refractivity contribution in [1.82, 2.24) is 10.2 Å². The van der Waals surface area contributed by atoms with E-state index in [1.165, 1.54) is 0 Å². The number of H-pyrrole nitrogens is 1. The second-order valence-corrected chi connectivity index (χ2v) is 5.89. The Hall–Kier alpha value is -2.18. The summed E-state index contributed by atoms with van der Waals surface area (Å²) >= 11 is 0. The Balaban J connectivity index is 1.85. The lowest BCUT2D eigenvalue weighted by molar-refractivity contribution is -0.116. The van der Waals surface area contributed by atoms with E-state index in [-0.39, 0.29) is 18.6 Å². The first-order valence-corrected chi connectivity index (χ1v) is 8.36. The Morgan fingerprint density at radius 3 is 3.17 bits per heavy atom. The van der Waals surface area contributed by atoms with Gasteiger partial charge in [0.05, 0.1) is 5.69 Å². The lowest BCUT2D eigenvalue weighted by atomic mass is 9.98. The molecule has 1 fully saturated rings. The number of nitrogens with one attached hydrogen (secondary N) is 2. The zero-order valence-electron chi connectivity index (χ0n) is 13.5. The van der Waals surface area contributed by atoms with Crippen LogP contribution in [-0.4, -0.2) is 34.4 Å². The van der Waals surface area contributed by atoms with Crippen molar-refractivity contribution in [3.05, 3.63) is 36.2 Å². The Morgan fingerprint density at radius 2 is 2.38 bits per heavy atom. The topological polar surface area (TPSA) is 87.2 Å². The lowest BCUT2D eigenvalue weighted by Gasteiger charge is -2.22. The molecule has 1 aromatic carbocycles. The van der Waals surface area contributed by atoms with E-state index in [0.29, 0.717) is 12.8 Å². The second-order valence-electron chi connectivity index (χ2n) is 5.89. The molecule has 1 aliphatic rings. The van der Waals surface area contributed by atoms with E-state index in [4.69, 9.17) is 9.84 Å². The molecule has 0 bridgehead atoms. The summed E-state index contributed by atoms with van der Waals surface area (Å²) in [5, 5.41) is 19.1. The average molecular weight is 328 g/mol. The lowest BCUT2D eigenvalue weighted by Crippen LogP contribution is -2.14. The third kappa shape index (κ3) is 3.83. The Labute approximate surface area is 141 Å². The maximum Gasteiger partial charge on any atom is 0.224 e. The number of amides is 1. The summed E-state index contributed by atoms with van der Waals surface area (Å²) in [5.74, 6) is -0.115. The molecule has 6 nitrogen and oxygen atoms in total. The minimum atomic E-state index is -0.115. The monoisotopic (exact) mass is 328 g/mol. The maximum absolute atomic E-state index is 12.0. The largest absolute Gasteiger partial charge is 0.396 e. The molecule has 1 radical (unpaired) electrons. The number of hydrogen-bond donors (Lipinski definition) is 3. The minimum absolute atomic E-state index is 0.00768. The standard InChI is InChI=1S/C18H22N3O3/c22-10-5-9-17(23)20-15-7-2-1-6-13(15)14-12-19-21-18(14)16-8-3-4-11-24-16/h2,6-7,12,16,22H,3-5,8-11H2,(H,19,21)(H,20,23)/t16-/m0/s1. The van der Waals surface area contributed by atoms with Gasteiger partial charge in [0, 0.05) is 42.6 Å². The molecule has 3 N–H and O–H groups in total. The van der Waals surface area contributed by atoms with Crippen molar-refractivity contribution in [1.29, 1.82) is 0 Å². The molecule has 1 aliphatic heterocycles. The number of benzene rings is 1. The van der Waals surface area contributed by atoms with Gasteiger partial charge in [-0.2, -0.15) is 5.10 Å². The maximum atomic E-state index is 12.0. The highest BCUT2D eigenvalue weighted by molar-refractivity contribution is 5.95. The number of carbonyl (C=O) groups excluding carboxylic acids is 1. The molecule has 1 saturated heterocycles. The molecule has 1 amide bonds. The van der Waals surface area contributed by atoms with Gasteiger partial charge in [0.1, 0.15) is 6.10 Å². The van der Waals surface area contributed by atoms with Gasteiger partial charge in [-0.1, -0.05) is 6.07 Å². The molecular formula is C18H22N3O3. The number of nitrogens with zero attached hydrogens (tertiary/aromatic N) is 1. The smallest absolute Gasteiger partial charge is 0.224 e. The highest BCUT2D eigenvalue weighted by Gasteiger charge is 2.23. The Kier molecular flexibility index (Phi) is 5.61. The van der Waals surface area contributed by atoms with E-state index in [1.807, 2.05) is 18.3 Å². The van der Waals surface area contributed by atoms with E-state index >= 15 is 0 Å². The van der Waals surface area contributed by atoms with Gasteiger partial charge in [0.2, 0.25) is 5.91 Å². The van der Waals surface area contributed by atoms with Gasteiger partial charge in [-0.15, -0.1) is 0 Å². The summed E-state index contributed by atoms with van der Waals surface area (Å²) in [6, 6.07) is 8.50. The molecule has 0 saturated carbocycles. The number of aromatic amines is 1. The van der Waals surface area contributed by atoms with Crippen molar-refractivity contribution in [2.24, 2.45) is 0 Å². The average Bonchev–Trinajstić information content (AvgIpc) is 3.11. The van der Waals surface area contributed by atoms with E-state index in [1.54, 1.807) is 6.07 Å². The van der Waals surface area contributed by atoms with Crippen LogP contribution in [0.1, 0.15) is 43.9 Å². The summed E-state index contributed by atoms with van der Waals surface area (Å²) in [6.45, 7) is 0.760. The number of ether oxygens (including phenoxy) is 1. The normalized spacial score (nSPS) is 17.6. The molecule has 1 atom stereocenters. The van der Waals surface area contributed by atoms with Crippen LogP contribution in [0.3, 0.4) is 0 Å². The van der Waals surface area contributed by atoms with Crippen LogP contribution in [0.25, 0.3) is 11.1 Å². The van der Waals surface area contributed by atoms with Gasteiger partial charge < -0.3 is 15.2 Å². The number of hydrogen-bond acceptors (Lipinski definition) is 4. The van der Waals surface area contributed by atoms with Crippen LogP contribution in [0, 0.1) is 6.07 Å². The van der Waals surface area contributed by atoms with Gasteiger partial charge in [0.15, 0.2) is 0 Å². The molecule has 2 heterocycles. The number of carbonyl (C=O) groups is 1. The van der Waals surface area contributed by atoms with Crippen LogP contribution in [0.2, 0.25) is 0 Å². The number of rotatable bonds is 6. The van der Waals surface area contributed by atoms with Crippen molar-refractivity contribution < 1.29 is 14.6 Å². The van der Waals surface area contributed by atoms with Crippen LogP contribution in [-0.2, 0) is 9.53 Å². The summed E-state index contributed by atoms with van der Waals surface area (Å²) in [4.78, 5) is 12.0. The van der Waals surface area contributed by atoms with Crippen LogP contribution >= 0.6 is 0 Å². The first kappa shape index (κ1) is 16.7. The van der Waals surface area contributed by atoms with Gasteiger partial charge >= 0.3 is 0 Å². The van der Waals surface area contributed by atoms with E-state index in [2.05, 4.69) is 21.6 Å². The van der Waals surface area contributed by atoms with Crippen LogP contribution < -0.4 is 5.32 Å². The quantitative estimate of drug-likeness (QED) is 0.761. The van der Waals surface area contributed by atoms with Crippen molar-refractivity contribution in [3.63, 3.8) is 0 Å². The SMILES string of the molecule is O=C(CCCO)Nc1cc[c]cc1-c1c[nH]nc1[C@@H]1CCCCO1. The third-order valence-electron chi connectivity index (χ3n) is 4.14. The molecule has 2 aromatic rings. The first-order chi connectivity index (χ1) is 11.8. The molecule has 0 unspecified atom stereocenters. The first-order valence-electron chi connectivity index (χ1n) is 8.36. The zero-order valence-corrected chi connectivity index (χ0v) is 13.5. The fourth-order valence-electron chi connectivity index (χ4n) is 2.93. The fourth-order valence-corrected chi connectivity index (χ4v) is 2.93. The van der Waals surface area contributed by atoms with Gasteiger partial charge in [-0.05, 0) is 43.9 Å². The molecule has 3 rings (SSSR count). The Morgan fingerprint density at radius 1 is 1.46 bits per heavy atom. The predicted molar refractivity (Wildman–Crippen MR) is 90.4 cm³/mol. The molecular weight excluding hydrogens is 306 g/mol. The molecule has 0 aliphatic carbocycles. The predicted octanol–water partition coefficient (Wildman–Crippen LogP) is 2.83. The highest BCUT2D eigenvalue weighted by atomic mass is 16.5. The van der Waals surface area contributed by atoms with E-state index < -0.39 is 0 Å². The fraction of sp³-hybridized carbons (Fsp3) is 0.444. The number of aliphatic hydroxyl groups is 1. The summed E-state index contributed by atoms with van der Waals surface area (Å²) in [5.41, 5.74) is 3.39. The minimum Gasteiger partial charge on any atom is -0.396 e. The summed E-state index contributed by atoms with van der Waals surface area (Å²) < 4.78 is 5.85. The summed E-state index contributed by atoms with van der Waals surface area (Å²) in [7, 11) is 0. The van der Waals surface area contributed by atoms with Crippen molar-refractivity contribution in [3.8, 4) is 11.1 Å².